The number of carbonyl (C=O) groups is 1. The van der Waals surface area contributed by atoms with Gasteiger partial charge in [-0.25, -0.2) is 0 Å². The number of hydrogen-bond acceptors (Lipinski definition) is 3. The highest BCUT2D eigenvalue weighted by molar-refractivity contribution is 5.78. The topological polar surface area (TPSA) is 58.4 Å². The Morgan fingerprint density at radius 2 is 1.87 bits per heavy atom. The molecule has 1 aromatic rings. The zero-order valence-corrected chi connectivity index (χ0v) is 14.1. The highest BCUT2D eigenvalue weighted by atomic mass is 16.1. The van der Waals surface area contributed by atoms with Gasteiger partial charge in [0.25, 0.3) is 0 Å². The third kappa shape index (κ3) is 3.86. The van der Waals surface area contributed by atoms with E-state index in [0.717, 1.165) is 19.4 Å². The lowest BCUT2D eigenvalue weighted by atomic mass is 9.65. The molecule has 2 aliphatic rings. The second kappa shape index (κ2) is 7.35. The Morgan fingerprint density at radius 3 is 2.52 bits per heavy atom. The summed E-state index contributed by atoms with van der Waals surface area (Å²) in [5.74, 6) is 1.53. The van der Waals surface area contributed by atoms with Crippen LogP contribution in [-0.4, -0.2) is 32.1 Å². The quantitative estimate of drug-likeness (QED) is 0.877. The minimum absolute atomic E-state index is 0.173. The molecule has 0 aliphatic heterocycles. The number of benzene rings is 1. The van der Waals surface area contributed by atoms with E-state index in [0.29, 0.717) is 24.4 Å². The number of para-hydroxylation sites is 1. The van der Waals surface area contributed by atoms with Crippen molar-refractivity contribution >= 4 is 11.6 Å². The Balaban J connectivity index is 1.45. The van der Waals surface area contributed by atoms with Crippen LogP contribution in [0.25, 0.3) is 0 Å². The number of amides is 1. The van der Waals surface area contributed by atoms with Gasteiger partial charge in [-0.1, -0.05) is 24.6 Å². The van der Waals surface area contributed by atoms with E-state index in [9.17, 15) is 4.79 Å². The molecular formula is C19H29N3O. The molecule has 2 fully saturated rings. The second-order valence-corrected chi connectivity index (χ2v) is 7.24. The van der Waals surface area contributed by atoms with E-state index < -0.39 is 0 Å². The predicted molar refractivity (Wildman–Crippen MR) is 94.3 cm³/mol. The normalized spacial score (nSPS) is 29.8. The third-order valence-corrected chi connectivity index (χ3v) is 5.73. The van der Waals surface area contributed by atoms with E-state index in [4.69, 9.17) is 5.73 Å². The van der Waals surface area contributed by atoms with Gasteiger partial charge < -0.3 is 16.0 Å². The number of nitrogens with one attached hydrogen (secondary N) is 1. The fraction of sp³-hybridized carbons (Fsp3) is 0.632. The van der Waals surface area contributed by atoms with E-state index in [1.165, 1.54) is 24.9 Å². The van der Waals surface area contributed by atoms with Crippen LogP contribution in [0, 0.1) is 17.8 Å². The van der Waals surface area contributed by atoms with Crippen LogP contribution in [0.1, 0.15) is 32.1 Å². The minimum atomic E-state index is 0.173. The molecule has 4 nitrogen and oxygen atoms in total. The van der Waals surface area contributed by atoms with Gasteiger partial charge in [-0.15, -0.1) is 0 Å². The smallest absolute Gasteiger partial charge is 0.223 e. The predicted octanol–water partition coefficient (Wildman–Crippen LogP) is 2.39. The lowest BCUT2D eigenvalue weighted by Gasteiger charge is -2.43. The molecule has 2 bridgehead atoms. The number of likely N-dealkylation sites (N-methyl/N-ethyl adjacent to an activating group) is 1. The summed E-state index contributed by atoms with van der Waals surface area (Å²) >= 11 is 0. The zero-order valence-electron chi connectivity index (χ0n) is 14.1. The Labute approximate surface area is 139 Å². The molecule has 0 heterocycles. The van der Waals surface area contributed by atoms with Gasteiger partial charge in [-0.3, -0.25) is 4.79 Å². The fourth-order valence-corrected chi connectivity index (χ4v) is 4.31. The van der Waals surface area contributed by atoms with E-state index in [2.05, 4.69) is 29.4 Å². The van der Waals surface area contributed by atoms with Crippen molar-refractivity contribution in [3.63, 3.8) is 0 Å². The van der Waals surface area contributed by atoms with Crippen molar-refractivity contribution in [2.45, 2.75) is 38.1 Å². The first-order valence-corrected chi connectivity index (χ1v) is 8.94. The first-order chi connectivity index (χ1) is 11.1. The van der Waals surface area contributed by atoms with Crippen LogP contribution in [-0.2, 0) is 4.79 Å². The Hall–Kier alpha value is -1.55. The molecule has 4 heteroatoms. The number of nitrogens with zero attached hydrogens (tertiary/aromatic N) is 1. The molecule has 0 aromatic heterocycles. The van der Waals surface area contributed by atoms with Gasteiger partial charge >= 0.3 is 0 Å². The van der Waals surface area contributed by atoms with Gasteiger partial charge in [0.1, 0.15) is 0 Å². The highest BCUT2D eigenvalue weighted by Crippen LogP contribution is 2.41. The molecule has 126 valence electrons. The van der Waals surface area contributed by atoms with Gasteiger partial charge in [-0.2, -0.15) is 0 Å². The van der Waals surface area contributed by atoms with Gasteiger partial charge in [0.15, 0.2) is 0 Å². The number of rotatable bonds is 5. The summed E-state index contributed by atoms with van der Waals surface area (Å²) < 4.78 is 0. The Kier molecular flexibility index (Phi) is 5.21. The molecule has 23 heavy (non-hydrogen) atoms. The van der Waals surface area contributed by atoms with E-state index in [1.54, 1.807) is 0 Å². The van der Waals surface area contributed by atoms with Crippen LogP contribution < -0.4 is 16.0 Å². The summed E-state index contributed by atoms with van der Waals surface area (Å²) in [5.41, 5.74) is 7.49. The van der Waals surface area contributed by atoms with Crippen LogP contribution in [0.5, 0.6) is 0 Å². The van der Waals surface area contributed by atoms with Crippen molar-refractivity contribution in [3.8, 4) is 0 Å². The van der Waals surface area contributed by atoms with E-state index >= 15 is 0 Å². The van der Waals surface area contributed by atoms with Gasteiger partial charge in [0.05, 0.1) is 0 Å². The van der Waals surface area contributed by atoms with Gasteiger partial charge in [-0.05, 0) is 49.7 Å². The Morgan fingerprint density at radius 1 is 1.22 bits per heavy atom. The molecule has 1 aromatic carbocycles. The monoisotopic (exact) mass is 315 g/mol. The zero-order chi connectivity index (χ0) is 16.2. The molecule has 2 aliphatic carbocycles. The van der Waals surface area contributed by atoms with Crippen molar-refractivity contribution in [2.24, 2.45) is 23.5 Å². The van der Waals surface area contributed by atoms with Gasteiger partial charge in [0.2, 0.25) is 5.91 Å². The third-order valence-electron chi connectivity index (χ3n) is 5.73. The molecule has 0 radical (unpaired) electrons. The molecule has 2 atom stereocenters. The maximum atomic E-state index is 12.5. The Bertz CT molecular complexity index is 505. The second-order valence-electron chi connectivity index (χ2n) is 7.24. The lowest BCUT2D eigenvalue weighted by Crippen LogP contribution is -2.49. The summed E-state index contributed by atoms with van der Waals surface area (Å²) in [7, 11) is 2.06. The van der Waals surface area contributed by atoms with E-state index in [-0.39, 0.29) is 11.8 Å². The maximum absolute atomic E-state index is 12.5. The number of nitrogens with two attached hydrogens (primary N) is 1. The maximum Gasteiger partial charge on any atom is 0.223 e. The summed E-state index contributed by atoms with van der Waals surface area (Å²) in [6.07, 6.45) is 5.67. The van der Waals surface area contributed by atoms with Crippen LogP contribution in [0.15, 0.2) is 30.3 Å². The number of hydrogen-bond donors (Lipinski definition) is 2. The summed E-state index contributed by atoms with van der Waals surface area (Å²) in [6.45, 7) is 1.52. The van der Waals surface area contributed by atoms with Crippen molar-refractivity contribution in [3.05, 3.63) is 30.3 Å². The number of carbonyl (C=O) groups excluding carboxylic acids is 1. The SMILES string of the molecule is CN(CCNC(=O)C1CC2CCCC(C1)C2N)c1ccccc1. The van der Waals surface area contributed by atoms with Crippen LogP contribution >= 0.6 is 0 Å². The summed E-state index contributed by atoms with van der Waals surface area (Å²) in [4.78, 5) is 14.7. The van der Waals surface area contributed by atoms with Crippen molar-refractivity contribution in [1.82, 2.24) is 5.32 Å². The first kappa shape index (κ1) is 16.3. The average molecular weight is 315 g/mol. The molecule has 3 rings (SSSR count). The molecule has 2 unspecified atom stereocenters. The average Bonchev–Trinajstić information content (AvgIpc) is 2.55. The van der Waals surface area contributed by atoms with Crippen molar-refractivity contribution < 1.29 is 4.79 Å². The molecule has 0 saturated heterocycles. The van der Waals surface area contributed by atoms with Crippen molar-refractivity contribution in [1.29, 1.82) is 0 Å². The van der Waals surface area contributed by atoms with Gasteiger partial charge in [0, 0.05) is 37.8 Å². The van der Waals surface area contributed by atoms with Crippen LogP contribution in [0.4, 0.5) is 5.69 Å². The molecule has 2 saturated carbocycles. The highest BCUT2D eigenvalue weighted by Gasteiger charge is 2.40. The van der Waals surface area contributed by atoms with Crippen LogP contribution in [0.2, 0.25) is 0 Å². The molecule has 0 spiro atoms. The lowest BCUT2D eigenvalue weighted by molar-refractivity contribution is -0.127. The number of anilines is 1. The summed E-state index contributed by atoms with van der Waals surface area (Å²) in [5, 5.41) is 3.14. The molecular weight excluding hydrogens is 286 g/mol. The minimum Gasteiger partial charge on any atom is -0.373 e. The van der Waals surface area contributed by atoms with Crippen molar-refractivity contribution in [2.75, 3.05) is 25.0 Å². The number of fused-ring (bicyclic) bond motifs is 2. The first-order valence-electron chi connectivity index (χ1n) is 8.94. The molecule has 3 N–H and O–H groups in total. The standard InChI is InChI=1S/C19H29N3O/c1-22(17-8-3-2-4-9-17)11-10-21-19(23)16-12-14-6-5-7-15(13-16)18(14)20/h2-4,8-9,14-16,18H,5-7,10-13,20H2,1H3,(H,21,23). The fourth-order valence-electron chi connectivity index (χ4n) is 4.31. The largest absolute Gasteiger partial charge is 0.373 e. The summed E-state index contributed by atoms with van der Waals surface area (Å²) in [6, 6.07) is 10.6. The van der Waals surface area contributed by atoms with E-state index in [1.807, 2.05) is 18.2 Å². The van der Waals surface area contributed by atoms with Crippen LogP contribution in [0.3, 0.4) is 0 Å². The molecule has 1 amide bonds.